The summed E-state index contributed by atoms with van der Waals surface area (Å²) in [5.74, 6) is 1.48. The van der Waals surface area contributed by atoms with Crippen LogP contribution in [0.25, 0.3) is 0 Å². The van der Waals surface area contributed by atoms with Crippen LogP contribution in [-0.4, -0.2) is 9.97 Å². The van der Waals surface area contributed by atoms with Crippen LogP contribution >= 0.6 is 0 Å². The zero-order chi connectivity index (χ0) is 11.4. The molecule has 0 saturated carbocycles. The van der Waals surface area contributed by atoms with Gasteiger partial charge in [-0.3, -0.25) is 9.97 Å². The van der Waals surface area contributed by atoms with E-state index in [1.54, 1.807) is 18.5 Å². The number of nitrogens with zero attached hydrogens (tertiary/aromatic N) is 2. The van der Waals surface area contributed by atoms with Crippen molar-refractivity contribution in [2.45, 2.75) is 13.5 Å². The highest BCUT2D eigenvalue weighted by atomic mass is 16.5. The minimum absolute atomic E-state index is 0.406. The Morgan fingerprint density at radius 2 is 2.12 bits per heavy atom. The highest BCUT2D eigenvalue weighted by Crippen LogP contribution is 2.23. The highest BCUT2D eigenvalue weighted by molar-refractivity contribution is 5.33. The summed E-state index contributed by atoms with van der Waals surface area (Å²) in [5.41, 5.74) is 7.17. The Morgan fingerprint density at radius 3 is 2.88 bits per heavy atom. The SMILES string of the molecule is Cc1ncccc1Oc1ccnc(CN)c1. The second kappa shape index (κ2) is 4.72. The van der Waals surface area contributed by atoms with E-state index in [2.05, 4.69) is 9.97 Å². The van der Waals surface area contributed by atoms with Crippen molar-refractivity contribution in [1.82, 2.24) is 9.97 Å². The van der Waals surface area contributed by atoms with Gasteiger partial charge in [0.25, 0.3) is 0 Å². The summed E-state index contributed by atoms with van der Waals surface area (Å²) >= 11 is 0. The van der Waals surface area contributed by atoms with Gasteiger partial charge in [0.15, 0.2) is 0 Å². The van der Waals surface area contributed by atoms with Crippen molar-refractivity contribution in [1.29, 1.82) is 0 Å². The number of nitrogens with two attached hydrogens (primary N) is 1. The molecule has 0 bridgehead atoms. The predicted molar refractivity (Wildman–Crippen MR) is 61.2 cm³/mol. The Morgan fingerprint density at radius 1 is 1.25 bits per heavy atom. The van der Waals surface area contributed by atoms with Gasteiger partial charge in [-0.15, -0.1) is 0 Å². The van der Waals surface area contributed by atoms with Crippen LogP contribution in [0.15, 0.2) is 36.7 Å². The van der Waals surface area contributed by atoms with Crippen LogP contribution in [-0.2, 0) is 6.54 Å². The summed E-state index contributed by atoms with van der Waals surface area (Å²) in [7, 11) is 0. The maximum absolute atomic E-state index is 5.69. The van der Waals surface area contributed by atoms with E-state index in [1.807, 2.05) is 25.1 Å². The van der Waals surface area contributed by atoms with E-state index >= 15 is 0 Å². The summed E-state index contributed by atoms with van der Waals surface area (Å²) in [4.78, 5) is 8.25. The van der Waals surface area contributed by atoms with Gasteiger partial charge in [-0.25, -0.2) is 0 Å². The molecule has 0 atom stereocenters. The van der Waals surface area contributed by atoms with E-state index < -0.39 is 0 Å². The van der Waals surface area contributed by atoms with Crippen LogP contribution in [0.3, 0.4) is 0 Å². The van der Waals surface area contributed by atoms with E-state index in [0.29, 0.717) is 6.54 Å². The molecule has 0 radical (unpaired) electrons. The van der Waals surface area contributed by atoms with Gasteiger partial charge in [0, 0.05) is 25.0 Å². The lowest BCUT2D eigenvalue weighted by Gasteiger charge is -2.07. The van der Waals surface area contributed by atoms with Crippen LogP contribution < -0.4 is 10.5 Å². The number of aromatic nitrogens is 2. The van der Waals surface area contributed by atoms with Crippen molar-refractivity contribution in [2.75, 3.05) is 0 Å². The number of pyridine rings is 2. The second-order valence-electron chi connectivity index (χ2n) is 3.38. The molecule has 2 aromatic rings. The van der Waals surface area contributed by atoms with Crippen LogP contribution in [0.1, 0.15) is 11.4 Å². The maximum Gasteiger partial charge on any atom is 0.148 e. The lowest BCUT2D eigenvalue weighted by atomic mass is 10.3. The average Bonchev–Trinajstić information content (AvgIpc) is 2.32. The van der Waals surface area contributed by atoms with Gasteiger partial charge in [0.05, 0.1) is 11.4 Å². The van der Waals surface area contributed by atoms with E-state index in [1.165, 1.54) is 0 Å². The van der Waals surface area contributed by atoms with Crippen molar-refractivity contribution in [3.8, 4) is 11.5 Å². The van der Waals surface area contributed by atoms with Crippen molar-refractivity contribution in [3.63, 3.8) is 0 Å². The number of ether oxygens (including phenoxy) is 1. The van der Waals surface area contributed by atoms with Crippen molar-refractivity contribution < 1.29 is 4.74 Å². The molecule has 2 N–H and O–H groups in total. The minimum atomic E-state index is 0.406. The van der Waals surface area contributed by atoms with E-state index in [-0.39, 0.29) is 0 Å². The molecule has 4 nitrogen and oxygen atoms in total. The molecule has 0 amide bonds. The van der Waals surface area contributed by atoms with Gasteiger partial charge in [-0.05, 0) is 25.1 Å². The molecule has 0 saturated heterocycles. The Kier molecular flexibility index (Phi) is 3.12. The molecule has 2 heterocycles. The molecule has 0 aliphatic heterocycles. The lowest BCUT2D eigenvalue weighted by molar-refractivity contribution is 0.474. The Labute approximate surface area is 94.1 Å². The number of rotatable bonds is 3. The van der Waals surface area contributed by atoms with Crippen LogP contribution in [0.4, 0.5) is 0 Å². The molecule has 0 spiro atoms. The molecule has 82 valence electrons. The highest BCUT2D eigenvalue weighted by Gasteiger charge is 2.02. The molecule has 0 fully saturated rings. The third kappa shape index (κ3) is 2.35. The number of hydrogen-bond donors (Lipinski definition) is 1. The van der Waals surface area contributed by atoms with Crippen LogP contribution in [0, 0.1) is 6.92 Å². The smallest absolute Gasteiger partial charge is 0.148 e. The second-order valence-corrected chi connectivity index (χ2v) is 3.38. The molecule has 0 aliphatic carbocycles. The summed E-state index contributed by atoms with van der Waals surface area (Å²) in [5, 5.41) is 0. The Balaban J connectivity index is 2.24. The fourth-order valence-electron chi connectivity index (χ4n) is 1.34. The molecule has 4 heteroatoms. The zero-order valence-electron chi connectivity index (χ0n) is 9.05. The van der Waals surface area contributed by atoms with E-state index in [9.17, 15) is 0 Å². The first kappa shape index (κ1) is 10.6. The first-order valence-corrected chi connectivity index (χ1v) is 5.04. The maximum atomic E-state index is 5.69. The topological polar surface area (TPSA) is 61.0 Å². The lowest BCUT2D eigenvalue weighted by Crippen LogP contribution is -1.99. The largest absolute Gasteiger partial charge is 0.455 e. The first-order chi connectivity index (χ1) is 7.79. The third-order valence-corrected chi connectivity index (χ3v) is 2.18. The zero-order valence-corrected chi connectivity index (χ0v) is 9.05. The Hall–Kier alpha value is -1.94. The third-order valence-electron chi connectivity index (χ3n) is 2.18. The van der Waals surface area contributed by atoms with Gasteiger partial charge in [-0.2, -0.15) is 0 Å². The summed E-state index contributed by atoms with van der Waals surface area (Å²) in [6.45, 7) is 2.31. The van der Waals surface area contributed by atoms with Crippen LogP contribution in [0.5, 0.6) is 11.5 Å². The normalized spacial score (nSPS) is 10.1. The van der Waals surface area contributed by atoms with E-state index in [0.717, 1.165) is 22.9 Å². The van der Waals surface area contributed by atoms with Gasteiger partial charge in [0.1, 0.15) is 11.5 Å². The molecule has 0 aliphatic rings. The molecule has 0 aromatic carbocycles. The molecule has 2 rings (SSSR count). The van der Waals surface area contributed by atoms with Gasteiger partial charge in [0.2, 0.25) is 0 Å². The fourth-order valence-corrected chi connectivity index (χ4v) is 1.34. The molecular formula is C12H13N3O. The van der Waals surface area contributed by atoms with Gasteiger partial charge < -0.3 is 10.5 Å². The van der Waals surface area contributed by atoms with Crippen molar-refractivity contribution in [3.05, 3.63) is 48.0 Å². The average molecular weight is 215 g/mol. The minimum Gasteiger partial charge on any atom is -0.455 e. The first-order valence-electron chi connectivity index (χ1n) is 5.04. The number of hydrogen-bond acceptors (Lipinski definition) is 4. The summed E-state index contributed by atoms with van der Waals surface area (Å²) < 4.78 is 5.69. The fraction of sp³-hybridized carbons (Fsp3) is 0.167. The summed E-state index contributed by atoms with van der Waals surface area (Å²) in [6.07, 6.45) is 3.42. The monoisotopic (exact) mass is 215 g/mol. The van der Waals surface area contributed by atoms with E-state index in [4.69, 9.17) is 10.5 Å². The molecule has 0 unspecified atom stereocenters. The van der Waals surface area contributed by atoms with Crippen molar-refractivity contribution >= 4 is 0 Å². The molecule has 16 heavy (non-hydrogen) atoms. The predicted octanol–water partition coefficient (Wildman–Crippen LogP) is 2.04. The number of aryl methyl sites for hydroxylation is 1. The quantitative estimate of drug-likeness (QED) is 0.851. The van der Waals surface area contributed by atoms with Gasteiger partial charge >= 0.3 is 0 Å². The Bertz CT molecular complexity index is 485. The summed E-state index contributed by atoms with van der Waals surface area (Å²) in [6, 6.07) is 7.34. The van der Waals surface area contributed by atoms with Gasteiger partial charge in [-0.1, -0.05) is 0 Å². The molecular weight excluding hydrogens is 202 g/mol. The van der Waals surface area contributed by atoms with Crippen LogP contribution in [0.2, 0.25) is 0 Å². The molecule has 2 aromatic heterocycles. The standard InChI is InChI=1S/C12H13N3O/c1-9-12(3-2-5-14-9)16-11-4-6-15-10(7-11)8-13/h2-7H,8,13H2,1H3. The van der Waals surface area contributed by atoms with Crippen molar-refractivity contribution in [2.24, 2.45) is 5.73 Å².